The molecule has 0 radical (unpaired) electrons. The van der Waals surface area contributed by atoms with Gasteiger partial charge in [-0.25, -0.2) is 0 Å². The van der Waals surface area contributed by atoms with Crippen molar-refractivity contribution in [3.05, 3.63) is 40.6 Å². The van der Waals surface area contributed by atoms with Crippen LogP contribution < -0.4 is 0 Å². The second kappa shape index (κ2) is 3.86. The Morgan fingerprint density at radius 2 is 1.87 bits per heavy atom. The molecule has 0 aliphatic carbocycles. The molecule has 15 heavy (non-hydrogen) atoms. The lowest BCUT2D eigenvalue weighted by Gasteiger charge is -2.09. The zero-order valence-corrected chi connectivity index (χ0v) is 10.2. The predicted octanol–water partition coefficient (Wildman–Crippen LogP) is 3.59. The highest BCUT2D eigenvalue weighted by Gasteiger charge is 2.05. The van der Waals surface area contributed by atoms with Crippen LogP contribution in [0.25, 0.3) is 10.9 Å². The maximum Gasteiger partial charge on any atom is 0.0737 e. The number of pyridine rings is 1. The van der Waals surface area contributed by atoms with Crippen LogP contribution in [0.1, 0.15) is 22.4 Å². The van der Waals surface area contributed by atoms with E-state index in [1.807, 2.05) is 6.92 Å². The molecule has 0 spiro atoms. The SMILES string of the molecule is Cc1cc(C)c2nc(C)cc(CS)c2c1. The van der Waals surface area contributed by atoms with E-state index in [9.17, 15) is 0 Å². The van der Waals surface area contributed by atoms with Gasteiger partial charge in [0.25, 0.3) is 0 Å². The van der Waals surface area contributed by atoms with Crippen LogP contribution in [0.5, 0.6) is 0 Å². The summed E-state index contributed by atoms with van der Waals surface area (Å²) < 4.78 is 0. The lowest BCUT2D eigenvalue weighted by Crippen LogP contribution is -1.93. The highest BCUT2D eigenvalue weighted by molar-refractivity contribution is 7.79. The minimum atomic E-state index is 0.767. The van der Waals surface area contributed by atoms with Gasteiger partial charge < -0.3 is 0 Å². The summed E-state index contributed by atoms with van der Waals surface area (Å²) in [5.74, 6) is 0.767. The summed E-state index contributed by atoms with van der Waals surface area (Å²) in [6.45, 7) is 6.27. The van der Waals surface area contributed by atoms with E-state index in [1.54, 1.807) is 0 Å². The van der Waals surface area contributed by atoms with Gasteiger partial charge in [0.05, 0.1) is 5.52 Å². The zero-order chi connectivity index (χ0) is 11.0. The van der Waals surface area contributed by atoms with E-state index in [-0.39, 0.29) is 0 Å². The fourth-order valence-electron chi connectivity index (χ4n) is 2.02. The molecule has 0 aliphatic rings. The van der Waals surface area contributed by atoms with Gasteiger partial charge in [-0.2, -0.15) is 12.6 Å². The fraction of sp³-hybridized carbons (Fsp3) is 0.308. The number of fused-ring (bicyclic) bond motifs is 1. The molecule has 1 aromatic carbocycles. The molecule has 0 fully saturated rings. The van der Waals surface area contributed by atoms with Gasteiger partial charge in [0.15, 0.2) is 0 Å². The number of hydrogen-bond acceptors (Lipinski definition) is 2. The number of aromatic nitrogens is 1. The van der Waals surface area contributed by atoms with Crippen LogP contribution in [0, 0.1) is 20.8 Å². The smallest absolute Gasteiger partial charge is 0.0737 e. The molecule has 0 saturated heterocycles. The van der Waals surface area contributed by atoms with Crippen molar-refractivity contribution in [3.8, 4) is 0 Å². The third-order valence-corrected chi connectivity index (χ3v) is 2.97. The maximum absolute atomic E-state index is 4.59. The van der Waals surface area contributed by atoms with Gasteiger partial charge in [-0.3, -0.25) is 4.98 Å². The van der Waals surface area contributed by atoms with E-state index >= 15 is 0 Å². The molecule has 0 aliphatic heterocycles. The van der Waals surface area contributed by atoms with E-state index in [0.29, 0.717) is 0 Å². The van der Waals surface area contributed by atoms with Gasteiger partial charge in [0.2, 0.25) is 0 Å². The van der Waals surface area contributed by atoms with Gasteiger partial charge in [-0.05, 0) is 44.0 Å². The summed E-state index contributed by atoms with van der Waals surface area (Å²) in [7, 11) is 0. The number of nitrogens with zero attached hydrogens (tertiary/aromatic N) is 1. The van der Waals surface area contributed by atoms with Crippen LogP contribution >= 0.6 is 12.6 Å². The van der Waals surface area contributed by atoms with Gasteiger partial charge in [0.1, 0.15) is 0 Å². The van der Waals surface area contributed by atoms with Crippen LogP contribution in [0.15, 0.2) is 18.2 Å². The number of rotatable bonds is 1. The predicted molar refractivity (Wildman–Crippen MR) is 68.6 cm³/mol. The summed E-state index contributed by atoms with van der Waals surface area (Å²) >= 11 is 4.37. The lowest BCUT2D eigenvalue weighted by molar-refractivity contribution is 1.21. The molecule has 2 rings (SSSR count). The third-order valence-electron chi connectivity index (χ3n) is 2.63. The Morgan fingerprint density at radius 3 is 2.53 bits per heavy atom. The van der Waals surface area contributed by atoms with Gasteiger partial charge >= 0.3 is 0 Å². The largest absolute Gasteiger partial charge is 0.253 e. The first-order valence-corrected chi connectivity index (χ1v) is 5.73. The van der Waals surface area contributed by atoms with Crippen molar-refractivity contribution in [2.75, 3.05) is 0 Å². The Hall–Kier alpha value is -1.02. The van der Waals surface area contributed by atoms with E-state index in [1.165, 1.54) is 22.1 Å². The highest BCUT2D eigenvalue weighted by Crippen LogP contribution is 2.24. The summed E-state index contributed by atoms with van der Waals surface area (Å²) in [5.41, 5.74) is 5.99. The second-order valence-electron chi connectivity index (χ2n) is 4.06. The van der Waals surface area contributed by atoms with Gasteiger partial charge in [0, 0.05) is 16.8 Å². The Balaban J connectivity index is 2.89. The first-order chi connectivity index (χ1) is 7.11. The van der Waals surface area contributed by atoms with Gasteiger partial charge in [-0.1, -0.05) is 11.6 Å². The van der Waals surface area contributed by atoms with Crippen LogP contribution in [-0.4, -0.2) is 4.98 Å². The second-order valence-corrected chi connectivity index (χ2v) is 4.38. The standard InChI is InChI=1S/C13H15NS/c1-8-4-9(2)13-12(5-8)11(7-15)6-10(3)14-13/h4-6,15H,7H2,1-3H3. The summed E-state index contributed by atoms with van der Waals surface area (Å²) in [5, 5.41) is 1.24. The molecule has 1 aromatic heterocycles. The maximum atomic E-state index is 4.59. The Morgan fingerprint density at radius 1 is 1.13 bits per heavy atom. The summed E-state index contributed by atoms with van der Waals surface area (Å²) in [4.78, 5) is 4.59. The molecule has 0 saturated carbocycles. The Bertz CT molecular complexity index is 517. The Kier molecular flexibility index (Phi) is 2.70. The average molecular weight is 217 g/mol. The van der Waals surface area contributed by atoms with Crippen LogP contribution in [0.3, 0.4) is 0 Å². The molecule has 0 unspecified atom stereocenters. The third kappa shape index (κ3) is 1.86. The molecule has 0 bridgehead atoms. The highest BCUT2D eigenvalue weighted by atomic mass is 32.1. The number of thiol groups is 1. The molecular formula is C13H15NS. The normalized spacial score (nSPS) is 10.9. The fourth-order valence-corrected chi connectivity index (χ4v) is 2.28. The van der Waals surface area contributed by atoms with Crippen molar-refractivity contribution in [2.24, 2.45) is 0 Å². The number of benzene rings is 1. The van der Waals surface area contributed by atoms with E-state index in [4.69, 9.17) is 0 Å². The molecule has 1 nitrogen and oxygen atoms in total. The average Bonchev–Trinajstić information content (AvgIpc) is 2.18. The zero-order valence-electron chi connectivity index (χ0n) is 9.33. The van der Waals surface area contributed by atoms with Crippen molar-refractivity contribution in [3.63, 3.8) is 0 Å². The van der Waals surface area contributed by atoms with Crippen LogP contribution in [0.2, 0.25) is 0 Å². The van der Waals surface area contributed by atoms with Gasteiger partial charge in [-0.15, -0.1) is 0 Å². The summed E-state index contributed by atoms with van der Waals surface area (Å²) in [6, 6.07) is 6.49. The molecule has 2 heteroatoms. The molecule has 0 atom stereocenters. The Labute approximate surface area is 95.9 Å². The van der Waals surface area contributed by atoms with Crippen molar-refractivity contribution >= 4 is 23.5 Å². The quantitative estimate of drug-likeness (QED) is 0.720. The van der Waals surface area contributed by atoms with Crippen molar-refractivity contribution < 1.29 is 0 Å². The summed E-state index contributed by atoms with van der Waals surface area (Å²) in [6.07, 6.45) is 0. The van der Waals surface area contributed by atoms with Crippen molar-refractivity contribution in [2.45, 2.75) is 26.5 Å². The molecule has 2 aromatic rings. The molecule has 1 heterocycles. The van der Waals surface area contributed by atoms with Crippen LogP contribution in [-0.2, 0) is 5.75 Å². The molecule has 0 amide bonds. The molecule has 0 N–H and O–H groups in total. The lowest BCUT2D eigenvalue weighted by atomic mass is 10.0. The first kappa shape index (κ1) is 10.5. The topological polar surface area (TPSA) is 12.9 Å². The van der Waals surface area contributed by atoms with E-state index in [0.717, 1.165) is 17.0 Å². The van der Waals surface area contributed by atoms with Crippen LogP contribution in [0.4, 0.5) is 0 Å². The van der Waals surface area contributed by atoms with Crippen molar-refractivity contribution in [1.82, 2.24) is 4.98 Å². The van der Waals surface area contributed by atoms with E-state index < -0.39 is 0 Å². The minimum absolute atomic E-state index is 0.767. The first-order valence-electron chi connectivity index (χ1n) is 5.10. The monoisotopic (exact) mass is 217 g/mol. The van der Waals surface area contributed by atoms with E-state index in [2.05, 4.69) is 49.7 Å². The number of aryl methyl sites for hydroxylation is 3. The number of hydrogen-bond donors (Lipinski definition) is 1. The minimum Gasteiger partial charge on any atom is -0.253 e. The molecule has 78 valence electrons. The molecular weight excluding hydrogens is 202 g/mol. The van der Waals surface area contributed by atoms with Crippen molar-refractivity contribution in [1.29, 1.82) is 0 Å².